The van der Waals surface area contributed by atoms with Gasteiger partial charge >= 0.3 is 0 Å². The van der Waals surface area contributed by atoms with E-state index < -0.39 is 0 Å². The molecule has 1 N–H and O–H groups in total. The lowest BCUT2D eigenvalue weighted by Crippen LogP contribution is -2.29. The number of carbonyl (C=O) groups is 1. The minimum atomic E-state index is -0.0367. The van der Waals surface area contributed by atoms with E-state index in [2.05, 4.69) is 33.9 Å². The van der Waals surface area contributed by atoms with Gasteiger partial charge in [-0.1, -0.05) is 26.0 Å². The Bertz CT molecular complexity index is 1100. The van der Waals surface area contributed by atoms with Gasteiger partial charge in [0, 0.05) is 18.3 Å². The normalized spacial score (nSPS) is 12.5. The van der Waals surface area contributed by atoms with E-state index in [1.807, 2.05) is 42.5 Å². The molecule has 1 aliphatic rings. The lowest BCUT2D eigenvalue weighted by molar-refractivity contribution is 0.0956. The smallest absolute Gasteiger partial charge is 0.261 e. The molecule has 7 nitrogen and oxygen atoms in total. The van der Waals surface area contributed by atoms with E-state index in [4.69, 9.17) is 9.47 Å². The van der Waals surface area contributed by atoms with Crippen molar-refractivity contribution in [1.82, 2.24) is 15.2 Å². The zero-order valence-electron chi connectivity index (χ0n) is 19.3. The van der Waals surface area contributed by atoms with E-state index in [0.717, 1.165) is 42.3 Å². The fraction of sp³-hybridized carbons (Fsp3) is 0.360. The molecule has 2 aromatic heterocycles. The summed E-state index contributed by atoms with van der Waals surface area (Å²) in [6, 6.07) is 13.6. The Hall–Kier alpha value is -3.10. The van der Waals surface area contributed by atoms with Crippen molar-refractivity contribution in [2.75, 3.05) is 38.2 Å². The van der Waals surface area contributed by atoms with Crippen LogP contribution in [0, 0.1) is 0 Å². The van der Waals surface area contributed by atoms with Gasteiger partial charge in [0.15, 0.2) is 11.5 Å². The van der Waals surface area contributed by atoms with Crippen LogP contribution < -0.4 is 19.7 Å². The van der Waals surface area contributed by atoms with Gasteiger partial charge in [0.2, 0.25) is 5.88 Å². The average Bonchev–Trinajstić information content (AvgIpc) is 3.27. The van der Waals surface area contributed by atoms with Crippen molar-refractivity contribution in [1.29, 1.82) is 0 Å². The maximum Gasteiger partial charge on any atom is 0.261 e. The Morgan fingerprint density at radius 2 is 2.06 bits per heavy atom. The lowest BCUT2D eigenvalue weighted by atomic mass is 10.1. The molecule has 0 atom stereocenters. The van der Waals surface area contributed by atoms with Crippen LogP contribution in [0.25, 0.3) is 0 Å². The van der Waals surface area contributed by atoms with Crippen molar-refractivity contribution >= 4 is 27.9 Å². The number of nitrogens with zero attached hydrogens (tertiary/aromatic N) is 3. The molecule has 1 aliphatic heterocycles. The summed E-state index contributed by atoms with van der Waals surface area (Å²) in [7, 11) is 1.63. The lowest BCUT2D eigenvalue weighted by Gasteiger charge is -2.21. The Balaban J connectivity index is 1.52. The molecule has 0 bridgehead atoms. The molecule has 1 amide bonds. The Labute approximate surface area is 199 Å². The number of para-hydroxylation sites is 1. The summed E-state index contributed by atoms with van der Waals surface area (Å²) in [5.41, 5.74) is 1.84. The van der Waals surface area contributed by atoms with Gasteiger partial charge in [0.05, 0.1) is 23.5 Å². The molecule has 0 saturated carbocycles. The summed E-state index contributed by atoms with van der Waals surface area (Å²) >= 11 is 1.47. The molecule has 0 saturated heterocycles. The first kappa shape index (κ1) is 23.1. The van der Waals surface area contributed by atoms with Crippen LogP contribution in [0.3, 0.4) is 0 Å². The highest BCUT2D eigenvalue weighted by Crippen LogP contribution is 2.45. The minimum Gasteiger partial charge on any atom is -0.493 e. The molecular formula is C25H30N4O3S. The Morgan fingerprint density at radius 1 is 1.21 bits per heavy atom. The van der Waals surface area contributed by atoms with Crippen LogP contribution >= 0.6 is 11.3 Å². The van der Waals surface area contributed by atoms with Gasteiger partial charge in [-0.2, -0.15) is 0 Å². The van der Waals surface area contributed by atoms with Crippen LogP contribution in [0.5, 0.6) is 17.4 Å². The van der Waals surface area contributed by atoms with Crippen LogP contribution in [0.4, 0.5) is 10.7 Å². The van der Waals surface area contributed by atoms with Crippen molar-refractivity contribution < 1.29 is 14.3 Å². The van der Waals surface area contributed by atoms with Crippen molar-refractivity contribution in [3.05, 3.63) is 59.1 Å². The molecule has 3 aromatic rings. The number of thiophene rings is 1. The molecule has 3 heterocycles. The molecule has 0 unspecified atom stereocenters. The fourth-order valence-corrected chi connectivity index (χ4v) is 4.84. The SMILES string of the molecule is CCN(CC)CCCNC(=O)c1ccc(N2Cc3cccc(OC)c3Oc3ncccc32)s1. The van der Waals surface area contributed by atoms with E-state index in [9.17, 15) is 4.79 Å². The number of amides is 1. The number of rotatable bonds is 9. The molecule has 174 valence electrons. The predicted molar refractivity (Wildman–Crippen MR) is 132 cm³/mol. The minimum absolute atomic E-state index is 0.0367. The third kappa shape index (κ3) is 5.12. The number of pyridine rings is 1. The molecule has 0 spiro atoms. The third-order valence-corrected chi connectivity index (χ3v) is 6.87. The molecule has 0 radical (unpaired) electrons. The molecule has 33 heavy (non-hydrogen) atoms. The maximum atomic E-state index is 12.7. The molecule has 0 aliphatic carbocycles. The summed E-state index contributed by atoms with van der Waals surface area (Å²) < 4.78 is 11.7. The number of ether oxygens (including phenoxy) is 2. The van der Waals surface area contributed by atoms with Crippen LogP contribution in [-0.2, 0) is 6.54 Å². The standard InChI is InChI=1S/C25H30N4O3S/c1-4-28(5-2)16-8-15-26-24(30)21-12-13-22(33-21)29-17-18-9-6-11-20(31-3)23(18)32-25-19(29)10-7-14-27-25/h6-7,9-14H,4-5,8,15-17H2,1-3H3,(H,26,30). The van der Waals surface area contributed by atoms with Crippen molar-refractivity contribution in [3.8, 4) is 17.4 Å². The summed E-state index contributed by atoms with van der Waals surface area (Å²) in [4.78, 5) is 22.4. The zero-order valence-corrected chi connectivity index (χ0v) is 20.2. The Morgan fingerprint density at radius 3 is 2.85 bits per heavy atom. The number of carbonyl (C=O) groups excluding carboxylic acids is 1. The highest BCUT2D eigenvalue weighted by atomic mass is 32.1. The summed E-state index contributed by atoms with van der Waals surface area (Å²) in [6.07, 6.45) is 2.65. The number of hydrogen-bond acceptors (Lipinski definition) is 7. The topological polar surface area (TPSA) is 66.9 Å². The maximum absolute atomic E-state index is 12.7. The average molecular weight is 467 g/mol. The largest absolute Gasteiger partial charge is 0.493 e. The fourth-order valence-electron chi connectivity index (χ4n) is 3.90. The van der Waals surface area contributed by atoms with Gasteiger partial charge in [-0.15, -0.1) is 11.3 Å². The van der Waals surface area contributed by atoms with Gasteiger partial charge in [-0.3, -0.25) is 4.79 Å². The van der Waals surface area contributed by atoms with Crippen molar-refractivity contribution in [2.24, 2.45) is 0 Å². The van der Waals surface area contributed by atoms with Crippen LogP contribution in [0.15, 0.2) is 48.7 Å². The highest BCUT2D eigenvalue weighted by Gasteiger charge is 2.26. The number of anilines is 2. The van der Waals surface area contributed by atoms with E-state index in [-0.39, 0.29) is 5.91 Å². The van der Waals surface area contributed by atoms with Gasteiger partial charge < -0.3 is 24.6 Å². The second-order valence-electron chi connectivity index (χ2n) is 7.74. The van der Waals surface area contributed by atoms with Crippen LogP contribution in [-0.4, -0.2) is 49.1 Å². The van der Waals surface area contributed by atoms with Gasteiger partial charge in [0.25, 0.3) is 5.91 Å². The highest BCUT2D eigenvalue weighted by molar-refractivity contribution is 7.18. The van der Waals surface area contributed by atoms with Crippen molar-refractivity contribution in [3.63, 3.8) is 0 Å². The summed E-state index contributed by atoms with van der Waals surface area (Å²) in [6.45, 7) is 8.61. The van der Waals surface area contributed by atoms with Crippen LogP contribution in [0.1, 0.15) is 35.5 Å². The quantitative estimate of drug-likeness (QED) is 0.445. The molecular weight excluding hydrogens is 436 g/mol. The van der Waals surface area contributed by atoms with Crippen LogP contribution in [0.2, 0.25) is 0 Å². The number of benzene rings is 1. The number of aromatic nitrogens is 1. The van der Waals surface area contributed by atoms with Gasteiger partial charge in [0.1, 0.15) is 5.69 Å². The first-order chi connectivity index (χ1) is 16.1. The number of hydrogen-bond donors (Lipinski definition) is 1. The molecule has 0 fully saturated rings. The first-order valence-corrected chi connectivity index (χ1v) is 12.1. The van der Waals surface area contributed by atoms with E-state index in [1.54, 1.807) is 13.3 Å². The van der Waals surface area contributed by atoms with E-state index in [1.165, 1.54) is 11.3 Å². The number of nitrogens with one attached hydrogen (secondary N) is 1. The predicted octanol–water partition coefficient (Wildman–Crippen LogP) is 5.06. The summed E-state index contributed by atoms with van der Waals surface area (Å²) in [5.74, 6) is 1.81. The number of methoxy groups -OCH3 is 1. The second kappa shape index (κ2) is 10.7. The van der Waals surface area contributed by atoms with Crippen molar-refractivity contribution in [2.45, 2.75) is 26.8 Å². The third-order valence-electron chi connectivity index (χ3n) is 5.76. The molecule has 4 rings (SSSR count). The van der Waals surface area contributed by atoms with E-state index >= 15 is 0 Å². The van der Waals surface area contributed by atoms with Gasteiger partial charge in [-0.05, 0) is 56.4 Å². The van der Waals surface area contributed by atoms with E-state index in [0.29, 0.717) is 35.3 Å². The summed E-state index contributed by atoms with van der Waals surface area (Å²) in [5, 5.41) is 4.01. The number of fused-ring (bicyclic) bond motifs is 2. The first-order valence-electron chi connectivity index (χ1n) is 11.3. The monoisotopic (exact) mass is 466 g/mol. The molecule has 8 heteroatoms. The second-order valence-corrected chi connectivity index (χ2v) is 8.80. The zero-order chi connectivity index (χ0) is 23.2. The van der Waals surface area contributed by atoms with Gasteiger partial charge in [-0.25, -0.2) is 4.98 Å². The Kier molecular flexibility index (Phi) is 7.47. The molecule has 1 aromatic carbocycles.